The summed E-state index contributed by atoms with van der Waals surface area (Å²) in [6.45, 7) is 5.12. The first-order chi connectivity index (χ1) is 8.71. The summed E-state index contributed by atoms with van der Waals surface area (Å²) < 4.78 is 117. The lowest BCUT2D eigenvalue weighted by atomic mass is 11.6. The van der Waals surface area contributed by atoms with Crippen LogP contribution in [0, 0.1) is 0 Å². The van der Waals surface area contributed by atoms with Gasteiger partial charge in [0.15, 0.2) is 0 Å². The molecule has 0 atom stereocenters. The summed E-state index contributed by atoms with van der Waals surface area (Å²) in [7, 11) is -13.2. The molecule has 0 saturated carbocycles. The van der Waals surface area contributed by atoms with Crippen LogP contribution in [-0.2, 0) is 24.4 Å². The van der Waals surface area contributed by atoms with Gasteiger partial charge in [0.2, 0.25) is 0 Å². The average molecular weight is 386 g/mol. The molecule has 0 amide bonds. The van der Waals surface area contributed by atoms with E-state index in [1.165, 1.54) is 0 Å². The van der Waals surface area contributed by atoms with Gasteiger partial charge in [0.25, 0.3) is 0 Å². The van der Waals surface area contributed by atoms with Gasteiger partial charge in [-0.3, -0.25) is 8.74 Å². The van der Waals surface area contributed by atoms with Crippen molar-refractivity contribution in [3.05, 3.63) is 0 Å². The van der Waals surface area contributed by atoms with Crippen LogP contribution in [0.15, 0.2) is 0 Å². The van der Waals surface area contributed by atoms with E-state index in [4.69, 9.17) is 13.0 Å². The molecule has 0 aliphatic rings. The number of hydrogen-bond donors (Lipinski definition) is 1. The van der Waals surface area contributed by atoms with Crippen molar-refractivity contribution in [1.82, 2.24) is 0 Å². The summed E-state index contributed by atoms with van der Waals surface area (Å²) >= 11 is 0. The van der Waals surface area contributed by atoms with Crippen LogP contribution in [0.2, 0.25) is 19.6 Å². The van der Waals surface area contributed by atoms with Crippen molar-refractivity contribution < 1.29 is 51.9 Å². The first-order valence-electron chi connectivity index (χ1n) is 4.70. The van der Waals surface area contributed by atoms with Crippen LogP contribution < -0.4 is 0 Å². The zero-order valence-electron chi connectivity index (χ0n) is 10.8. The van der Waals surface area contributed by atoms with E-state index in [1.54, 1.807) is 19.6 Å². The molecule has 130 valence electrons. The molecule has 0 aliphatic heterocycles. The number of halogens is 6. The maximum atomic E-state index is 11.7. The Morgan fingerprint density at radius 1 is 0.905 bits per heavy atom. The molecule has 0 saturated heterocycles. The number of hydrogen-bond acceptors (Lipinski definition) is 5. The lowest BCUT2D eigenvalue weighted by Gasteiger charge is -2.16. The molecule has 0 fully saturated rings. The van der Waals surface area contributed by atoms with E-state index in [0.29, 0.717) is 0 Å². The number of rotatable bonds is 3. The van der Waals surface area contributed by atoms with Crippen molar-refractivity contribution in [2.75, 3.05) is 6.23 Å². The van der Waals surface area contributed by atoms with Crippen molar-refractivity contribution in [2.24, 2.45) is 0 Å². The van der Waals surface area contributed by atoms with E-state index in [9.17, 15) is 34.8 Å². The summed E-state index contributed by atoms with van der Waals surface area (Å²) in [6, 6.07) is 0. The van der Waals surface area contributed by atoms with Gasteiger partial charge in [0.1, 0.15) is 0 Å². The van der Waals surface area contributed by atoms with Crippen molar-refractivity contribution >= 4 is 28.3 Å². The second kappa shape index (κ2) is 6.80. The van der Waals surface area contributed by atoms with E-state index in [1.807, 2.05) is 0 Å². The molecule has 15 heteroatoms. The fourth-order valence-electron chi connectivity index (χ4n) is 0.321. The van der Waals surface area contributed by atoms with E-state index < -0.39 is 39.3 Å². The second-order valence-corrected chi connectivity index (χ2v) is 13.1. The molecule has 0 rings (SSSR count). The molecule has 0 aliphatic carbocycles. The molecular formula is C6H12F6O6S2Si. The first kappa shape index (κ1) is 22.9. The smallest absolute Gasteiger partial charge is 0.279 e. The molecule has 21 heavy (non-hydrogen) atoms. The normalized spacial score (nSPS) is 14.4. The molecule has 0 unspecified atom stereocenters. The van der Waals surface area contributed by atoms with Crippen molar-refractivity contribution in [3.63, 3.8) is 0 Å². The lowest BCUT2D eigenvalue weighted by molar-refractivity contribution is -0.0533. The molecule has 0 radical (unpaired) electrons. The van der Waals surface area contributed by atoms with Crippen LogP contribution in [0.3, 0.4) is 0 Å². The third-order valence-electron chi connectivity index (χ3n) is 1.22. The fourth-order valence-corrected chi connectivity index (χ4v) is 2.49. The fraction of sp³-hybridized carbons (Fsp3) is 1.00. The van der Waals surface area contributed by atoms with Gasteiger partial charge in [-0.05, 0) is 0 Å². The minimum atomic E-state index is -5.84. The Bertz CT molecular complexity index is 528. The Morgan fingerprint density at radius 2 is 1.19 bits per heavy atom. The molecule has 0 aromatic heterocycles. The van der Waals surface area contributed by atoms with Gasteiger partial charge in [0.05, 0.1) is 14.3 Å². The highest BCUT2D eigenvalue weighted by molar-refractivity contribution is 7.87. The molecule has 1 N–H and O–H groups in total. The molecule has 0 spiro atoms. The Hall–Kier alpha value is -0.383. The quantitative estimate of drug-likeness (QED) is 0.262. The van der Waals surface area contributed by atoms with Gasteiger partial charge < -0.3 is 0 Å². The highest BCUT2D eigenvalue weighted by Crippen LogP contribution is 2.25. The zero-order chi connectivity index (χ0) is 17.9. The topological polar surface area (TPSA) is 97.7 Å². The summed E-state index contributed by atoms with van der Waals surface area (Å²) in [5.41, 5.74) is -10.8. The number of alkyl halides is 6. The van der Waals surface area contributed by atoms with Gasteiger partial charge >= 0.3 is 31.3 Å². The van der Waals surface area contributed by atoms with Crippen LogP contribution in [0.1, 0.15) is 0 Å². The van der Waals surface area contributed by atoms with E-state index >= 15 is 0 Å². The Balaban J connectivity index is 0. The highest BCUT2D eigenvalue weighted by atomic mass is 32.2. The first-order valence-corrected chi connectivity index (χ1v) is 11.3. The van der Waals surface area contributed by atoms with Gasteiger partial charge in [-0.15, -0.1) is 0 Å². The molecule has 0 aromatic carbocycles. The van der Waals surface area contributed by atoms with Gasteiger partial charge in [-0.1, -0.05) is 19.6 Å². The predicted molar refractivity (Wildman–Crippen MR) is 61.9 cm³/mol. The van der Waals surface area contributed by atoms with Crippen LogP contribution in [0.25, 0.3) is 0 Å². The molecule has 0 aromatic rings. The van der Waals surface area contributed by atoms with Gasteiger partial charge in [-0.25, -0.2) is 0 Å². The maximum absolute atomic E-state index is 11.7. The third-order valence-corrected chi connectivity index (χ3v) is 4.02. The summed E-state index contributed by atoms with van der Waals surface area (Å²) in [5.74, 6) is 0. The lowest BCUT2D eigenvalue weighted by Crippen LogP contribution is -2.34. The molecule has 0 bridgehead atoms. The van der Waals surface area contributed by atoms with Crippen LogP contribution >= 0.6 is 0 Å². The molecular weight excluding hydrogens is 374 g/mol. The van der Waals surface area contributed by atoms with Crippen molar-refractivity contribution in [3.8, 4) is 0 Å². The maximum Gasteiger partial charge on any atom is 0.523 e. The standard InChI is InChI=1S/C5H11F3O3SSi.CHF3O3S/c1-13(2,3)4-11-12(9,10)5(6,7)8;2-1(3,4)8(5,6)7/h4H2,1-3H3;(H,5,6,7). The Labute approximate surface area is 118 Å². The highest BCUT2D eigenvalue weighted by Gasteiger charge is 2.47. The summed E-state index contributed by atoms with van der Waals surface area (Å²) in [5, 5.41) is 0. The minimum Gasteiger partial charge on any atom is -0.279 e. The van der Waals surface area contributed by atoms with E-state index in [2.05, 4.69) is 4.18 Å². The van der Waals surface area contributed by atoms with E-state index in [-0.39, 0.29) is 6.23 Å². The monoisotopic (exact) mass is 386 g/mol. The minimum absolute atomic E-state index is 0.352. The van der Waals surface area contributed by atoms with E-state index in [0.717, 1.165) is 0 Å². The Kier molecular flexibility index (Phi) is 7.41. The molecule has 0 heterocycles. The molecule has 6 nitrogen and oxygen atoms in total. The SMILES string of the molecule is C[Si](C)(C)COS(=O)(=O)C(F)(F)F.O=S(=O)(O)C(F)(F)F. The van der Waals surface area contributed by atoms with Crippen molar-refractivity contribution in [1.29, 1.82) is 0 Å². The van der Waals surface area contributed by atoms with Crippen LogP contribution in [-0.4, -0.2) is 46.7 Å². The van der Waals surface area contributed by atoms with Crippen LogP contribution in [0.4, 0.5) is 26.3 Å². The third kappa shape index (κ3) is 10.0. The zero-order valence-corrected chi connectivity index (χ0v) is 13.4. The summed E-state index contributed by atoms with van der Waals surface area (Å²) in [4.78, 5) is 0. The summed E-state index contributed by atoms with van der Waals surface area (Å²) in [6.07, 6.45) is -0.352. The van der Waals surface area contributed by atoms with Gasteiger partial charge in [0, 0.05) is 0 Å². The van der Waals surface area contributed by atoms with Crippen LogP contribution in [0.5, 0.6) is 0 Å². The van der Waals surface area contributed by atoms with Crippen molar-refractivity contribution in [2.45, 2.75) is 30.7 Å². The average Bonchev–Trinajstić information content (AvgIpc) is 2.09. The largest absolute Gasteiger partial charge is 0.523 e. The second-order valence-electron chi connectivity index (χ2n) is 4.64. The Morgan fingerprint density at radius 3 is 1.33 bits per heavy atom. The predicted octanol–water partition coefficient (Wildman–Crippen LogP) is 2.12. The van der Waals surface area contributed by atoms with Gasteiger partial charge in [-0.2, -0.15) is 43.2 Å².